The second kappa shape index (κ2) is 65.4. The van der Waals surface area contributed by atoms with E-state index in [-0.39, 0.29) is 25.7 Å². The summed E-state index contributed by atoms with van der Waals surface area (Å²) in [6.07, 6.45) is 50.1. The highest BCUT2D eigenvalue weighted by Gasteiger charge is 2.30. The maximum absolute atomic E-state index is 13.1. The fraction of sp³-hybridized carbons (Fsp3) is 0.947. The molecule has 0 aromatic carbocycles. The largest absolute Gasteiger partial charge is 0.472 e. The molecule has 0 saturated heterocycles. The summed E-state index contributed by atoms with van der Waals surface area (Å²) in [4.78, 5) is 72.7. The topological polar surface area (TPSA) is 237 Å². The zero-order valence-electron chi connectivity index (χ0n) is 62.3. The van der Waals surface area contributed by atoms with Crippen LogP contribution >= 0.6 is 15.6 Å². The average Bonchev–Trinajstić information content (AvgIpc) is 1.49. The lowest BCUT2D eigenvalue weighted by Gasteiger charge is -2.21. The molecule has 0 heterocycles. The van der Waals surface area contributed by atoms with Crippen LogP contribution in [-0.2, 0) is 65.4 Å². The van der Waals surface area contributed by atoms with Crippen LogP contribution < -0.4 is 0 Å². The first-order valence-corrected chi connectivity index (χ1v) is 42.2. The maximum Gasteiger partial charge on any atom is 0.472 e. The van der Waals surface area contributed by atoms with Gasteiger partial charge in [0, 0.05) is 25.7 Å². The van der Waals surface area contributed by atoms with Crippen molar-refractivity contribution in [1.29, 1.82) is 0 Å². The van der Waals surface area contributed by atoms with Crippen LogP contribution in [0.15, 0.2) is 0 Å². The van der Waals surface area contributed by atoms with Gasteiger partial charge in [-0.3, -0.25) is 37.3 Å². The van der Waals surface area contributed by atoms with Gasteiger partial charge in [-0.1, -0.05) is 331 Å². The molecule has 0 aromatic heterocycles. The smallest absolute Gasteiger partial charge is 0.462 e. The van der Waals surface area contributed by atoms with E-state index in [1.807, 2.05) is 0 Å². The first-order valence-electron chi connectivity index (χ1n) is 39.2. The molecule has 17 nitrogen and oxygen atoms in total. The number of unbranched alkanes of at least 4 members (excludes halogenated alkanes) is 38. The maximum atomic E-state index is 13.1. The van der Waals surface area contributed by atoms with Gasteiger partial charge in [0.2, 0.25) is 0 Å². The lowest BCUT2D eigenvalue weighted by molar-refractivity contribution is -0.161. The van der Waals surface area contributed by atoms with E-state index in [4.69, 9.17) is 37.0 Å². The number of carbonyl (C=O) groups excluding carboxylic acids is 4. The molecule has 3 N–H and O–H groups in total. The lowest BCUT2D eigenvalue weighted by Crippen LogP contribution is -2.30. The minimum absolute atomic E-state index is 0.102. The number of aliphatic hydroxyl groups is 1. The number of aliphatic hydroxyl groups excluding tert-OH is 1. The van der Waals surface area contributed by atoms with Gasteiger partial charge >= 0.3 is 39.5 Å². The molecule has 0 spiro atoms. The zero-order valence-corrected chi connectivity index (χ0v) is 64.1. The Hall–Kier alpha value is -1.94. The molecule has 0 aliphatic rings. The van der Waals surface area contributed by atoms with Crippen LogP contribution in [0.3, 0.4) is 0 Å². The molecule has 0 rings (SSSR count). The molecule has 564 valence electrons. The molecule has 0 aliphatic heterocycles. The Morgan fingerprint density at radius 2 is 0.505 bits per heavy atom. The van der Waals surface area contributed by atoms with Crippen molar-refractivity contribution in [3.05, 3.63) is 0 Å². The molecule has 0 bridgehead atoms. The predicted octanol–water partition coefficient (Wildman–Crippen LogP) is 22.0. The summed E-state index contributed by atoms with van der Waals surface area (Å²) < 4.78 is 68.5. The monoisotopic (exact) mass is 1400 g/mol. The third-order valence-electron chi connectivity index (χ3n) is 17.9. The zero-order chi connectivity index (χ0) is 70.3. The normalized spacial score (nSPS) is 14.4. The fourth-order valence-electron chi connectivity index (χ4n) is 11.5. The van der Waals surface area contributed by atoms with E-state index < -0.39 is 97.5 Å². The molecule has 19 heteroatoms. The summed E-state index contributed by atoms with van der Waals surface area (Å²) in [5, 5.41) is 10.6. The highest BCUT2D eigenvalue weighted by molar-refractivity contribution is 7.47. The Morgan fingerprint density at radius 1 is 0.295 bits per heavy atom. The summed E-state index contributed by atoms with van der Waals surface area (Å²) >= 11 is 0. The average molecular weight is 1400 g/mol. The van der Waals surface area contributed by atoms with Crippen molar-refractivity contribution < 1.29 is 80.2 Å². The molecule has 0 aliphatic carbocycles. The highest BCUT2D eigenvalue weighted by atomic mass is 31.2. The number of phosphoric ester groups is 2. The Labute approximate surface area is 581 Å². The van der Waals surface area contributed by atoms with Crippen LogP contribution in [0.2, 0.25) is 0 Å². The highest BCUT2D eigenvalue weighted by Crippen LogP contribution is 2.45. The summed E-state index contributed by atoms with van der Waals surface area (Å²) in [6.45, 7) is 14.2. The Balaban J connectivity index is 5.23. The number of phosphoric acid groups is 2. The standard InChI is InChI=1S/C76H148O17P2/c1-9-69(8)55-47-39-31-23-19-15-11-13-17-21-25-33-42-50-58-75(80)92-71(62-86-73(78)56-48-40-32-24-20-16-12-10-14-18-22-28-36-44-52-66(2)3)64-90-94(82,83)88-60-70(77)61-89-95(84,85)91-65-72(93-76(81)59-51-43-35-27-30-38-46-54-68(6)7)63-87-74(79)57-49-41-34-26-29-37-45-53-67(4)5/h66-72,77H,9-65H2,1-8H3,(H,82,83)(H,84,85)/t69?,70?,71-,72-/m1/s1. The molecular weight excluding hydrogens is 1250 g/mol. The van der Waals surface area contributed by atoms with Crippen molar-refractivity contribution in [2.45, 2.75) is 401 Å². The second-order valence-electron chi connectivity index (χ2n) is 29.1. The van der Waals surface area contributed by atoms with E-state index in [0.29, 0.717) is 37.5 Å². The van der Waals surface area contributed by atoms with Gasteiger partial charge in [-0.05, 0) is 49.4 Å². The fourth-order valence-corrected chi connectivity index (χ4v) is 13.1. The number of esters is 4. The van der Waals surface area contributed by atoms with Crippen LogP contribution in [0.1, 0.15) is 383 Å². The first-order chi connectivity index (χ1) is 45.6. The number of rotatable bonds is 73. The predicted molar refractivity (Wildman–Crippen MR) is 386 cm³/mol. The van der Waals surface area contributed by atoms with Gasteiger partial charge in [0.15, 0.2) is 12.2 Å². The Morgan fingerprint density at radius 3 is 0.747 bits per heavy atom. The summed E-state index contributed by atoms with van der Waals surface area (Å²) in [6, 6.07) is 0. The summed E-state index contributed by atoms with van der Waals surface area (Å²) in [5.41, 5.74) is 0. The minimum atomic E-state index is -4.96. The van der Waals surface area contributed by atoms with Crippen molar-refractivity contribution >= 4 is 39.5 Å². The first kappa shape index (κ1) is 93.1. The summed E-state index contributed by atoms with van der Waals surface area (Å²) in [7, 11) is -9.91. The molecule has 0 radical (unpaired) electrons. The van der Waals surface area contributed by atoms with Gasteiger partial charge in [-0.25, -0.2) is 9.13 Å². The van der Waals surface area contributed by atoms with Crippen molar-refractivity contribution in [3.63, 3.8) is 0 Å². The van der Waals surface area contributed by atoms with E-state index in [1.54, 1.807) is 0 Å². The van der Waals surface area contributed by atoms with E-state index in [1.165, 1.54) is 180 Å². The Kier molecular flexibility index (Phi) is 64.0. The van der Waals surface area contributed by atoms with Gasteiger partial charge in [0.25, 0.3) is 0 Å². The lowest BCUT2D eigenvalue weighted by atomic mass is 9.99. The van der Waals surface area contributed by atoms with Gasteiger partial charge in [0.1, 0.15) is 19.3 Å². The van der Waals surface area contributed by atoms with E-state index in [0.717, 1.165) is 108 Å². The molecule has 0 fully saturated rings. The van der Waals surface area contributed by atoms with Crippen LogP contribution in [0.25, 0.3) is 0 Å². The van der Waals surface area contributed by atoms with Crippen molar-refractivity contribution in [1.82, 2.24) is 0 Å². The van der Waals surface area contributed by atoms with Crippen molar-refractivity contribution in [2.75, 3.05) is 39.6 Å². The summed E-state index contributed by atoms with van der Waals surface area (Å²) in [5.74, 6) is 0.922. The molecule has 0 saturated carbocycles. The Bertz CT molecular complexity index is 1870. The minimum Gasteiger partial charge on any atom is -0.462 e. The molecule has 95 heavy (non-hydrogen) atoms. The third-order valence-corrected chi connectivity index (χ3v) is 19.8. The van der Waals surface area contributed by atoms with Crippen LogP contribution in [0.4, 0.5) is 0 Å². The van der Waals surface area contributed by atoms with Gasteiger partial charge in [-0.2, -0.15) is 0 Å². The molecule has 6 atom stereocenters. The van der Waals surface area contributed by atoms with E-state index in [9.17, 15) is 43.2 Å². The van der Waals surface area contributed by atoms with Crippen LogP contribution in [0, 0.1) is 23.7 Å². The van der Waals surface area contributed by atoms with Crippen LogP contribution in [-0.4, -0.2) is 96.7 Å². The van der Waals surface area contributed by atoms with E-state index in [2.05, 4.69) is 55.4 Å². The van der Waals surface area contributed by atoms with Gasteiger partial charge in [-0.15, -0.1) is 0 Å². The second-order valence-corrected chi connectivity index (χ2v) is 32.0. The number of carbonyl (C=O) groups is 4. The molecule has 4 unspecified atom stereocenters. The van der Waals surface area contributed by atoms with Gasteiger partial charge < -0.3 is 33.8 Å². The number of hydrogen-bond acceptors (Lipinski definition) is 15. The van der Waals surface area contributed by atoms with Gasteiger partial charge in [0.05, 0.1) is 26.4 Å². The third kappa shape index (κ3) is 69.0. The van der Waals surface area contributed by atoms with Crippen molar-refractivity contribution in [2.24, 2.45) is 23.7 Å². The molecular formula is C76H148O17P2. The van der Waals surface area contributed by atoms with E-state index >= 15 is 0 Å². The number of hydrogen-bond donors (Lipinski definition) is 3. The molecule has 0 amide bonds. The molecule has 0 aromatic rings. The number of ether oxygens (including phenoxy) is 4. The van der Waals surface area contributed by atoms with Crippen molar-refractivity contribution in [3.8, 4) is 0 Å². The SMILES string of the molecule is CCC(C)CCCCCCCCCCCCCCCCC(=O)O[C@H](COC(=O)CCCCCCCCCCCCCCCCC(C)C)COP(=O)(O)OCC(O)COP(=O)(O)OC[C@@H](COC(=O)CCCCCCCCCC(C)C)OC(=O)CCCCCCCCCC(C)C. The quantitative estimate of drug-likeness (QED) is 0.0222. The van der Waals surface area contributed by atoms with Crippen LogP contribution in [0.5, 0.6) is 0 Å².